The van der Waals surface area contributed by atoms with Crippen LogP contribution in [0.15, 0.2) is 35.1 Å². The van der Waals surface area contributed by atoms with Gasteiger partial charge in [0.1, 0.15) is 5.82 Å². The van der Waals surface area contributed by atoms with Gasteiger partial charge >= 0.3 is 0 Å². The van der Waals surface area contributed by atoms with E-state index in [-0.39, 0.29) is 11.5 Å². The number of hydrogen-bond donors (Lipinski definition) is 0. The van der Waals surface area contributed by atoms with Crippen molar-refractivity contribution in [1.82, 2.24) is 9.55 Å². The summed E-state index contributed by atoms with van der Waals surface area (Å²) in [7, 11) is 0. The maximum atomic E-state index is 11.9. The first-order valence-corrected chi connectivity index (χ1v) is 4.51. The number of rotatable bonds is 0. The molecule has 4 heteroatoms. The number of carbonyl (C=O) groups is 1. The number of benzene rings is 1. The van der Waals surface area contributed by atoms with Gasteiger partial charge in [-0.1, -0.05) is 12.1 Å². The van der Waals surface area contributed by atoms with Crippen LogP contribution in [0.1, 0.15) is 10.6 Å². The predicted octanol–water partition coefficient (Wildman–Crippen LogP) is 1.06. The van der Waals surface area contributed by atoms with Crippen LogP contribution in [0.25, 0.3) is 17.0 Å². The average Bonchev–Trinajstić information content (AvgIpc) is 2.61. The predicted molar refractivity (Wildman–Crippen MR) is 55.7 cm³/mol. The monoisotopic (exact) mass is 198 g/mol. The summed E-state index contributed by atoms with van der Waals surface area (Å²) in [5, 5.41) is 0.471. The number of fused-ring (bicyclic) bond motifs is 2. The van der Waals surface area contributed by atoms with Gasteiger partial charge in [0.05, 0.1) is 10.9 Å². The Hall–Kier alpha value is -2.23. The van der Waals surface area contributed by atoms with Gasteiger partial charge in [-0.05, 0) is 18.2 Å². The number of carbonyl (C=O) groups excluding carboxylic acids is 1. The molecule has 72 valence electrons. The molecule has 2 aromatic rings. The molecule has 1 aliphatic heterocycles. The van der Waals surface area contributed by atoms with Crippen LogP contribution in [-0.2, 0) is 0 Å². The summed E-state index contributed by atoms with van der Waals surface area (Å²) in [6.45, 7) is 0. The van der Waals surface area contributed by atoms with Crippen LogP contribution in [0.2, 0.25) is 0 Å². The minimum atomic E-state index is -0.326. The van der Waals surface area contributed by atoms with Crippen LogP contribution >= 0.6 is 0 Å². The second-order valence-corrected chi connectivity index (χ2v) is 3.30. The fourth-order valence-electron chi connectivity index (χ4n) is 1.70. The maximum Gasteiger partial charge on any atom is 0.268 e. The number of aromatic nitrogens is 2. The quantitative estimate of drug-likeness (QED) is 0.636. The fourth-order valence-corrected chi connectivity index (χ4v) is 1.70. The molecule has 0 aliphatic carbocycles. The second kappa shape index (κ2) is 2.63. The first-order valence-electron chi connectivity index (χ1n) is 4.51. The van der Waals surface area contributed by atoms with E-state index in [0.29, 0.717) is 16.7 Å². The van der Waals surface area contributed by atoms with E-state index in [1.165, 1.54) is 6.08 Å². The zero-order valence-corrected chi connectivity index (χ0v) is 7.68. The molecule has 0 amide bonds. The number of para-hydroxylation sites is 1. The normalized spacial score (nSPS) is 13.5. The van der Waals surface area contributed by atoms with Crippen molar-refractivity contribution in [2.75, 3.05) is 0 Å². The first kappa shape index (κ1) is 8.11. The highest BCUT2D eigenvalue weighted by atomic mass is 16.2. The van der Waals surface area contributed by atoms with Crippen molar-refractivity contribution in [2.24, 2.45) is 0 Å². The fraction of sp³-hybridized carbons (Fsp3) is 0. The van der Waals surface area contributed by atoms with Crippen molar-refractivity contribution in [3.63, 3.8) is 0 Å². The Kier molecular flexibility index (Phi) is 1.42. The molecule has 0 N–H and O–H groups in total. The molecule has 1 aliphatic rings. The summed E-state index contributed by atoms with van der Waals surface area (Å²) in [5.74, 6) is 0.0805. The molecule has 3 rings (SSSR count). The number of nitrogens with zero attached hydrogens (tertiary/aromatic N) is 2. The Bertz CT molecular complexity index is 668. The number of allylic oxidation sites excluding steroid dienone is 1. The lowest BCUT2D eigenvalue weighted by Gasteiger charge is -2.02. The lowest BCUT2D eigenvalue weighted by Crippen LogP contribution is -2.25. The van der Waals surface area contributed by atoms with E-state index in [9.17, 15) is 9.59 Å². The van der Waals surface area contributed by atoms with E-state index in [4.69, 9.17) is 0 Å². The van der Waals surface area contributed by atoms with E-state index in [2.05, 4.69) is 4.98 Å². The van der Waals surface area contributed by atoms with Gasteiger partial charge in [0.25, 0.3) is 11.5 Å². The summed E-state index contributed by atoms with van der Waals surface area (Å²) >= 11 is 0. The van der Waals surface area contributed by atoms with Crippen molar-refractivity contribution in [1.29, 1.82) is 0 Å². The Morgan fingerprint density at radius 3 is 2.73 bits per heavy atom. The molecule has 4 nitrogen and oxygen atoms in total. The molecule has 2 heterocycles. The molecule has 1 aromatic carbocycles. The van der Waals surface area contributed by atoms with Crippen molar-refractivity contribution in [2.45, 2.75) is 0 Å². The zero-order chi connectivity index (χ0) is 10.4. The molecule has 0 fully saturated rings. The van der Waals surface area contributed by atoms with Gasteiger partial charge in [-0.2, -0.15) is 0 Å². The lowest BCUT2D eigenvalue weighted by atomic mass is 10.2. The van der Waals surface area contributed by atoms with Gasteiger partial charge in [0.2, 0.25) is 0 Å². The van der Waals surface area contributed by atoms with Crippen LogP contribution in [0.4, 0.5) is 0 Å². The SMILES string of the molecule is O=C1C=Cc2nc3ccccc3c(=O)n21. The highest BCUT2D eigenvalue weighted by molar-refractivity contribution is 6.00. The minimum absolute atomic E-state index is 0.300. The summed E-state index contributed by atoms with van der Waals surface area (Å²) in [6.07, 6.45) is 2.90. The Balaban J connectivity index is 2.56. The summed E-state index contributed by atoms with van der Waals surface area (Å²) < 4.78 is 1.09. The highest BCUT2D eigenvalue weighted by Crippen LogP contribution is 2.12. The van der Waals surface area contributed by atoms with Gasteiger partial charge in [-0.25, -0.2) is 9.55 Å². The molecule has 0 saturated heterocycles. The maximum absolute atomic E-state index is 11.9. The topological polar surface area (TPSA) is 52.0 Å². The average molecular weight is 198 g/mol. The van der Waals surface area contributed by atoms with Crippen molar-refractivity contribution in [3.8, 4) is 0 Å². The first-order chi connectivity index (χ1) is 7.27. The smallest absolute Gasteiger partial charge is 0.268 e. The van der Waals surface area contributed by atoms with Gasteiger partial charge in [0, 0.05) is 6.08 Å². The Labute approximate surface area is 84.5 Å². The molecule has 0 spiro atoms. The summed E-state index contributed by atoms with van der Waals surface area (Å²) in [4.78, 5) is 27.5. The molecule has 0 bridgehead atoms. The molecule has 0 radical (unpaired) electrons. The van der Waals surface area contributed by atoms with Gasteiger partial charge < -0.3 is 0 Å². The van der Waals surface area contributed by atoms with Crippen LogP contribution < -0.4 is 5.56 Å². The molecular formula is C11H6N2O2. The van der Waals surface area contributed by atoms with Crippen LogP contribution in [0.5, 0.6) is 0 Å². The van der Waals surface area contributed by atoms with E-state index in [0.717, 1.165) is 4.57 Å². The van der Waals surface area contributed by atoms with E-state index in [1.807, 2.05) is 6.07 Å². The van der Waals surface area contributed by atoms with Crippen molar-refractivity contribution in [3.05, 3.63) is 46.5 Å². The molecule has 1 aromatic heterocycles. The van der Waals surface area contributed by atoms with Crippen molar-refractivity contribution >= 4 is 22.9 Å². The molecule has 15 heavy (non-hydrogen) atoms. The van der Waals surface area contributed by atoms with Crippen LogP contribution in [0.3, 0.4) is 0 Å². The molecular weight excluding hydrogens is 192 g/mol. The molecule has 0 atom stereocenters. The highest BCUT2D eigenvalue weighted by Gasteiger charge is 2.17. The van der Waals surface area contributed by atoms with Gasteiger partial charge in [0.15, 0.2) is 0 Å². The Morgan fingerprint density at radius 1 is 1.07 bits per heavy atom. The van der Waals surface area contributed by atoms with E-state index in [1.54, 1.807) is 24.3 Å². The lowest BCUT2D eigenvalue weighted by molar-refractivity contribution is 0.0970. The van der Waals surface area contributed by atoms with Gasteiger partial charge in [-0.15, -0.1) is 0 Å². The standard InChI is InChI=1S/C11H6N2O2/c14-10-6-5-9-12-8-4-2-1-3-7(8)11(15)13(9)10/h1-6H. The third-order valence-corrected chi connectivity index (χ3v) is 2.40. The third kappa shape index (κ3) is 0.985. The third-order valence-electron chi connectivity index (χ3n) is 2.40. The summed E-state index contributed by atoms with van der Waals surface area (Å²) in [5.41, 5.74) is 0.318. The largest absolute Gasteiger partial charge is 0.269 e. The van der Waals surface area contributed by atoms with E-state index >= 15 is 0 Å². The van der Waals surface area contributed by atoms with Crippen molar-refractivity contribution < 1.29 is 4.79 Å². The minimum Gasteiger partial charge on any atom is -0.269 e. The second-order valence-electron chi connectivity index (χ2n) is 3.30. The molecule has 0 saturated carbocycles. The Morgan fingerprint density at radius 2 is 1.87 bits per heavy atom. The number of hydrogen-bond acceptors (Lipinski definition) is 3. The molecule has 0 unspecified atom stereocenters. The summed E-state index contributed by atoms with van der Waals surface area (Å²) in [6, 6.07) is 7.00. The van der Waals surface area contributed by atoms with Crippen LogP contribution in [-0.4, -0.2) is 15.5 Å². The van der Waals surface area contributed by atoms with Crippen LogP contribution in [0, 0.1) is 0 Å². The zero-order valence-electron chi connectivity index (χ0n) is 7.68. The van der Waals surface area contributed by atoms with E-state index < -0.39 is 0 Å². The van der Waals surface area contributed by atoms with Gasteiger partial charge in [-0.3, -0.25) is 9.59 Å².